The van der Waals surface area contributed by atoms with Crippen LogP contribution in [-0.4, -0.2) is 38.3 Å². The molecule has 2 aromatic heterocycles. The monoisotopic (exact) mass is 415 g/mol. The minimum Gasteiger partial charge on any atom is -0.397 e. The lowest BCUT2D eigenvalue weighted by Crippen LogP contribution is -2.36. The summed E-state index contributed by atoms with van der Waals surface area (Å²) < 4.78 is 5.63. The minimum atomic E-state index is -0.0725. The summed E-state index contributed by atoms with van der Waals surface area (Å²) in [6, 6.07) is 0. The molecular weight excluding hydrogens is 384 g/mol. The summed E-state index contributed by atoms with van der Waals surface area (Å²) in [5.74, 6) is 1.20. The lowest BCUT2D eigenvalue weighted by atomic mass is 9.89. The molecule has 1 amide bonds. The van der Waals surface area contributed by atoms with Gasteiger partial charge < -0.3 is 15.8 Å². The van der Waals surface area contributed by atoms with Crippen LogP contribution in [0.2, 0.25) is 0 Å². The topological polar surface area (TPSA) is 81.7 Å². The van der Waals surface area contributed by atoms with Gasteiger partial charge in [0, 0.05) is 18.7 Å². The molecule has 5 rings (SSSR count). The van der Waals surface area contributed by atoms with E-state index in [2.05, 4.69) is 15.2 Å². The molecule has 2 fully saturated rings. The Balaban J connectivity index is 1.50. The van der Waals surface area contributed by atoms with Gasteiger partial charge >= 0.3 is 0 Å². The molecule has 156 valence electrons. The fourth-order valence-corrected chi connectivity index (χ4v) is 6.17. The minimum absolute atomic E-state index is 0.0725. The number of carbonyl (C=O) groups is 1. The quantitative estimate of drug-likeness (QED) is 0.804. The van der Waals surface area contributed by atoms with Crippen LogP contribution in [0.3, 0.4) is 0 Å². The third-order valence-corrected chi connectivity index (χ3v) is 7.75. The number of aryl methyl sites for hydroxylation is 1. The van der Waals surface area contributed by atoms with Gasteiger partial charge in [0.15, 0.2) is 4.83 Å². The van der Waals surface area contributed by atoms with Gasteiger partial charge in [-0.05, 0) is 63.4 Å². The molecule has 0 bridgehead atoms. The van der Waals surface area contributed by atoms with Gasteiger partial charge in [0.2, 0.25) is 0 Å². The summed E-state index contributed by atoms with van der Waals surface area (Å²) in [5.41, 5.74) is 10.0. The molecule has 0 aromatic carbocycles. The highest BCUT2D eigenvalue weighted by Gasteiger charge is 2.31. The molecular formula is C22H31N4O2S+. The van der Waals surface area contributed by atoms with E-state index in [0.717, 1.165) is 55.6 Å². The summed E-state index contributed by atoms with van der Waals surface area (Å²) in [5, 5.41) is 4.13. The third-order valence-electron chi connectivity index (χ3n) is 6.63. The molecule has 29 heavy (non-hydrogen) atoms. The summed E-state index contributed by atoms with van der Waals surface area (Å²) in [6.45, 7) is 3.59. The molecule has 1 atom stereocenters. The van der Waals surface area contributed by atoms with Gasteiger partial charge in [-0.3, -0.25) is 9.69 Å². The van der Waals surface area contributed by atoms with Crippen molar-refractivity contribution in [2.24, 2.45) is 0 Å². The number of nitrogen functional groups attached to an aromatic ring is 1. The highest BCUT2D eigenvalue weighted by Crippen LogP contribution is 2.40. The van der Waals surface area contributed by atoms with E-state index in [4.69, 9.17) is 10.5 Å². The number of rotatable bonds is 4. The fourth-order valence-electron chi connectivity index (χ4n) is 5.11. The Kier molecular flexibility index (Phi) is 5.35. The van der Waals surface area contributed by atoms with Crippen LogP contribution in [0.5, 0.6) is 0 Å². The number of fused-ring (bicyclic) bond motifs is 3. The van der Waals surface area contributed by atoms with Crippen LogP contribution in [-0.2, 0) is 17.6 Å². The zero-order chi connectivity index (χ0) is 19.8. The van der Waals surface area contributed by atoms with Crippen molar-refractivity contribution < 1.29 is 14.5 Å². The Labute approximate surface area is 175 Å². The normalized spacial score (nSPS) is 22.1. The van der Waals surface area contributed by atoms with Crippen LogP contribution in [0.4, 0.5) is 11.5 Å². The number of nitrogens with zero attached hydrogens (tertiary/aromatic N) is 1. The van der Waals surface area contributed by atoms with Crippen molar-refractivity contribution in [3.8, 4) is 0 Å². The van der Waals surface area contributed by atoms with Gasteiger partial charge in [-0.25, -0.2) is 4.98 Å². The first-order valence-corrected chi connectivity index (χ1v) is 12.0. The van der Waals surface area contributed by atoms with E-state index in [1.807, 2.05) is 0 Å². The van der Waals surface area contributed by atoms with Gasteiger partial charge in [0.1, 0.15) is 4.88 Å². The highest BCUT2D eigenvalue weighted by atomic mass is 32.1. The number of thiophene rings is 1. The number of nitrogens with one attached hydrogen (secondary N) is 2. The number of aromatic amines is 1. The molecule has 6 nitrogen and oxygen atoms in total. The van der Waals surface area contributed by atoms with Crippen molar-refractivity contribution in [1.29, 1.82) is 0 Å². The number of nitrogens with two attached hydrogens (primary N) is 1. The van der Waals surface area contributed by atoms with Crippen LogP contribution >= 0.6 is 11.3 Å². The molecule has 0 saturated carbocycles. The van der Waals surface area contributed by atoms with Crippen molar-refractivity contribution in [1.82, 2.24) is 5.32 Å². The molecule has 4 N–H and O–H groups in total. The summed E-state index contributed by atoms with van der Waals surface area (Å²) in [6.07, 6.45) is 10.6. The third kappa shape index (κ3) is 3.59. The van der Waals surface area contributed by atoms with Crippen LogP contribution in [0.1, 0.15) is 65.7 Å². The average molecular weight is 416 g/mol. The second-order valence-corrected chi connectivity index (χ2v) is 9.60. The molecule has 3 aliphatic rings. The van der Waals surface area contributed by atoms with Gasteiger partial charge in [-0.2, -0.15) is 0 Å². The van der Waals surface area contributed by atoms with E-state index >= 15 is 0 Å². The Morgan fingerprint density at radius 3 is 2.69 bits per heavy atom. The predicted molar refractivity (Wildman–Crippen MR) is 117 cm³/mol. The number of anilines is 2. The standard InChI is InChI=1S/C22H30N4O2S/c23-18-17-15-8-2-3-9-16(15)20(26-10-4-1-5-11-26)25-22(17)29-19(18)21(27)24-13-14-7-6-12-28-14/h14H,1-13,23H2,(H,24,27)/p+1/t14-/m1/s1. The number of carbonyl (C=O) groups excluding carboxylic acids is 1. The number of amides is 1. The number of hydrogen-bond donors (Lipinski definition) is 2. The van der Waals surface area contributed by atoms with E-state index in [1.54, 1.807) is 0 Å². The Bertz CT molecular complexity index is 913. The molecule has 1 aliphatic carbocycles. The molecule has 2 aliphatic heterocycles. The zero-order valence-corrected chi connectivity index (χ0v) is 17.8. The van der Waals surface area contributed by atoms with Crippen molar-refractivity contribution in [2.75, 3.05) is 36.9 Å². The Morgan fingerprint density at radius 2 is 1.93 bits per heavy atom. The van der Waals surface area contributed by atoms with Gasteiger partial charge in [0.05, 0.1) is 30.3 Å². The number of ether oxygens (including phenoxy) is 1. The summed E-state index contributed by atoms with van der Waals surface area (Å²) in [7, 11) is 0. The van der Waals surface area contributed by atoms with E-state index in [0.29, 0.717) is 17.1 Å². The van der Waals surface area contributed by atoms with E-state index in [9.17, 15) is 4.79 Å². The van der Waals surface area contributed by atoms with Crippen LogP contribution in [0.15, 0.2) is 0 Å². The second kappa shape index (κ2) is 8.11. The lowest BCUT2D eigenvalue weighted by Gasteiger charge is -2.26. The molecule has 0 radical (unpaired) electrons. The van der Waals surface area contributed by atoms with Crippen LogP contribution < -0.4 is 20.9 Å². The number of H-pyrrole nitrogens is 1. The van der Waals surface area contributed by atoms with Gasteiger partial charge in [-0.1, -0.05) is 11.3 Å². The Hall–Kier alpha value is -1.86. The highest BCUT2D eigenvalue weighted by molar-refractivity contribution is 7.20. The van der Waals surface area contributed by atoms with E-state index in [-0.39, 0.29) is 12.0 Å². The van der Waals surface area contributed by atoms with Gasteiger partial charge in [0.25, 0.3) is 11.7 Å². The first-order valence-electron chi connectivity index (χ1n) is 11.2. The summed E-state index contributed by atoms with van der Waals surface area (Å²) >= 11 is 1.51. The molecule has 2 saturated heterocycles. The summed E-state index contributed by atoms with van der Waals surface area (Å²) in [4.78, 5) is 20.8. The SMILES string of the molecule is Nc1c(C(=O)NC[C@H]2CCCO2)sc2[nH+]c(N3CCCCC3)c3c(c12)CCCC3. The van der Waals surface area contributed by atoms with Crippen molar-refractivity contribution in [2.45, 2.75) is 63.9 Å². The fraction of sp³-hybridized carbons (Fsp3) is 0.636. The van der Waals surface area contributed by atoms with Crippen molar-refractivity contribution >= 4 is 39.0 Å². The molecule has 2 aromatic rings. The number of hydrogen-bond acceptors (Lipinski definition) is 5. The molecule has 4 heterocycles. The van der Waals surface area contributed by atoms with Crippen molar-refractivity contribution in [3.05, 3.63) is 16.0 Å². The van der Waals surface area contributed by atoms with Crippen LogP contribution in [0, 0.1) is 0 Å². The van der Waals surface area contributed by atoms with E-state index in [1.165, 1.54) is 60.4 Å². The number of pyridine rings is 1. The first kappa shape index (κ1) is 19.1. The average Bonchev–Trinajstić information content (AvgIpc) is 3.40. The molecule has 0 unspecified atom stereocenters. The second-order valence-electron chi connectivity index (χ2n) is 8.58. The number of aromatic nitrogens is 1. The van der Waals surface area contributed by atoms with Crippen LogP contribution in [0.25, 0.3) is 10.2 Å². The number of piperidine rings is 1. The van der Waals surface area contributed by atoms with Gasteiger partial charge in [-0.15, -0.1) is 0 Å². The maximum Gasteiger partial charge on any atom is 0.278 e. The van der Waals surface area contributed by atoms with Crippen molar-refractivity contribution in [3.63, 3.8) is 0 Å². The maximum absolute atomic E-state index is 12.9. The predicted octanol–water partition coefficient (Wildman–Crippen LogP) is 3.08. The first-order chi connectivity index (χ1) is 14.2. The lowest BCUT2D eigenvalue weighted by molar-refractivity contribution is -0.328. The largest absolute Gasteiger partial charge is 0.397 e. The Morgan fingerprint density at radius 1 is 1.14 bits per heavy atom. The maximum atomic E-state index is 12.9. The smallest absolute Gasteiger partial charge is 0.278 e. The van der Waals surface area contributed by atoms with E-state index < -0.39 is 0 Å². The molecule has 0 spiro atoms. The zero-order valence-electron chi connectivity index (χ0n) is 17.0. The molecule has 7 heteroatoms.